The third-order valence-electron chi connectivity index (χ3n) is 4.42. The molecule has 0 spiro atoms. The van der Waals surface area contributed by atoms with Gasteiger partial charge in [-0.25, -0.2) is 0 Å². The SMILES string of the molecule is CCNC(=NCCN1CCOCC1)N1CCCC(CC(N)=O)C1. The molecule has 2 rings (SSSR count). The van der Waals surface area contributed by atoms with Gasteiger partial charge in [0.2, 0.25) is 5.91 Å². The molecule has 0 radical (unpaired) electrons. The lowest BCUT2D eigenvalue weighted by Crippen LogP contribution is -2.47. The lowest BCUT2D eigenvalue weighted by Gasteiger charge is -2.35. The summed E-state index contributed by atoms with van der Waals surface area (Å²) in [5.41, 5.74) is 5.35. The van der Waals surface area contributed by atoms with Crippen molar-refractivity contribution in [1.29, 1.82) is 0 Å². The van der Waals surface area contributed by atoms with E-state index in [4.69, 9.17) is 15.5 Å². The van der Waals surface area contributed by atoms with Gasteiger partial charge in [-0.2, -0.15) is 0 Å². The van der Waals surface area contributed by atoms with Crippen LogP contribution in [0.2, 0.25) is 0 Å². The van der Waals surface area contributed by atoms with Gasteiger partial charge in [0.05, 0.1) is 19.8 Å². The fourth-order valence-corrected chi connectivity index (χ4v) is 3.26. The van der Waals surface area contributed by atoms with E-state index >= 15 is 0 Å². The molecule has 2 saturated heterocycles. The smallest absolute Gasteiger partial charge is 0.217 e. The summed E-state index contributed by atoms with van der Waals surface area (Å²) in [6.07, 6.45) is 2.64. The number of carbonyl (C=O) groups is 1. The van der Waals surface area contributed by atoms with Gasteiger partial charge in [0, 0.05) is 45.7 Å². The largest absolute Gasteiger partial charge is 0.379 e. The zero-order chi connectivity index (χ0) is 16.5. The molecule has 0 aromatic heterocycles. The molecule has 0 aromatic carbocycles. The second-order valence-corrected chi connectivity index (χ2v) is 6.31. The fourth-order valence-electron chi connectivity index (χ4n) is 3.26. The van der Waals surface area contributed by atoms with Crippen LogP contribution in [0.25, 0.3) is 0 Å². The van der Waals surface area contributed by atoms with E-state index in [1.165, 1.54) is 0 Å². The summed E-state index contributed by atoms with van der Waals surface area (Å²) in [6.45, 7) is 10.2. The first-order chi connectivity index (χ1) is 11.2. The molecule has 2 fully saturated rings. The standard InChI is InChI=1S/C16H31N5O2/c1-2-18-16(19-5-7-20-8-10-23-11-9-20)21-6-3-4-14(13-21)12-15(17)22/h14H,2-13H2,1H3,(H2,17,22)(H,18,19). The molecule has 23 heavy (non-hydrogen) atoms. The van der Waals surface area contributed by atoms with E-state index in [2.05, 4.69) is 22.0 Å². The Morgan fingerprint density at radius 1 is 1.35 bits per heavy atom. The van der Waals surface area contributed by atoms with Gasteiger partial charge in [0.25, 0.3) is 0 Å². The Hall–Kier alpha value is -1.34. The molecule has 7 heteroatoms. The van der Waals surface area contributed by atoms with Crippen molar-refractivity contribution < 1.29 is 9.53 Å². The van der Waals surface area contributed by atoms with E-state index < -0.39 is 0 Å². The van der Waals surface area contributed by atoms with Crippen molar-refractivity contribution >= 4 is 11.9 Å². The molecule has 2 aliphatic heterocycles. The summed E-state index contributed by atoms with van der Waals surface area (Å²) < 4.78 is 5.37. The molecule has 2 heterocycles. The van der Waals surface area contributed by atoms with E-state index in [0.29, 0.717) is 12.3 Å². The summed E-state index contributed by atoms with van der Waals surface area (Å²) in [5, 5.41) is 3.38. The molecule has 0 saturated carbocycles. The van der Waals surface area contributed by atoms with E-state index in [1.807, 2.05) is 0 Å². The van der Waals surface area contributed by atoms with Crippen LogP contribution in [0, 0.1) is 5.92 Å². The van der Waals surface area contributed by atoms with Gasteiger partial charge < -0.3 is 20.7 Å². The van der Waals surface area contributed by atoms with Crippen molar-refractivity contribution in [2.75, 3.05) is 59.0 Å². The van der Waals surface area contributed by atoms with Crippen molar-refractivity contribution in [3.05, 3.63) is 0 Å². The van der Waals surface area contributed by atoms with Crippen LogP contribution >= 0.6 is 0 Å². The lowest BCUT2D eigenvalue weighted by molar-refractivity contribution is -0.119. The maximum atomic E-state index is 11.2. The molecule has 2 aliphatic rings. The van der Waals surface area contributed by atoms with E-state index in [1.54, 1.807) is 0 Å². The highest BCUT2D eigenvalue weighted by Crippen LogP contribution is 2.19. The number of ether oxygens (including phenoxy) is 1. The number of aliphatic imine (C=N–C) groups is 1. The summed E-state index contributed by atoms with van der Waals surface area (Å²) in [7, 11) is 0. The number of rotatable bonds is 6. The molecular weight excluding hydrogens is 294 g/mol. The number of guanidine groups is 1. The Bertz CT molecular complexity index is 396. The molecule has 3 N–H and O–H groups in total. The average Bonchev–Trinajstić information content (AvgIpc) is 2.55. The highest BCUT2D eigenvalue weighted by Gasteiger charge is 2.23. The topological polar surface area (TPSA) is 83.2 Å². The number of hydrogen-bond donors (Lipinski definition) is 2. The number of amides is 1. The van der Waals surface area contributed by atoms with Gasteiger partial charge in [0.1, 0.15) is 0 Å². The van der Waals surface area contributed by atoms with Crippen LogP contribution in [-0.4, -0.2) is 80.7 Å². The monoisotopic (exact) mass is 325 g/mol. The van der Waals surface area contributed by atoms with Gasteiger partial charge in [-0.3, -0.25) is 14.7 Å². The maximum Gasteiger partial charge on any atom is 0.217 e. The number of nitrogens with zero attached hydrogens (tertiary/aromatic N) is 3. The predicted octanol–water partition coefficient (Wildman–Crippen LogP) is -0.128. The molecule has 132 valence electrons. The molecule has 0 bridgehead atoms. The zero-order valence-electron chi connectivity index (χ0n) is 14.3. The van der Waals surface area contributed by atoms with Crippen LogP contribution in [0.1, 0.15) is 26.2 Å². The van der Waals surface area contributed by atoms with Gasteiger partial charge in [-0.05, 0) is 25.7 Å². The molecule has 0 aliphatic carbocycles. The van der Waals surface area contributed by atoms with Crippen molar-refractivity contribution in [2.24, 2.45) is 16.6 Å². The van der Waals surface area contributed by atoms with Gasteiger partial charge in [-0.15, -0.1) is 0 Å². The Morgan fingerprint density at radius 2 is 2.13 bits per heavy atom. The number of carbonyl (C=O) groups excluding carboxylic acids is 1. The Labute approximate surface area is 139 Å². The number of nitrogens with two attached hydrogens (primary N) is 1. The number of nitrogens with one attached hydrogen (secondary N) is 1. The van der Waals surface area contributed by atoms with Gasteiger partial charge >= 0.3 is 0 Å². The summed E-state index contributed by atoms with van der Waals surface area (Å²) in [5.74, 6) is 1.12. The number of piperidine rings is 1. The predicted molar refractivity (Wildman–Crippen MR) is 91.3 cm³/mol. The average molecular weight is 325 g/mol. The number of primary amides is 1. The van der Waals surface area contributed by atoms with Crippen molar-refractivity contribution in [3.63, 3.8) is 0 Å². The molecule has 0 aromatic rings. The minimum atomic E-state index is -0.203. The zero-order valence-corrected chi connectivity index (χ0v) is 14.3. The maximum absolute atomic E-state index is 11.2. The van der Waals surface area contributed by atoms with Crippen LogP contribution in [0.15, 0.2) is 4.99 Å². The second kappa shape index (κ2) is 9.72. The minimum absolute atomic E-state index is 0.203. The molecule has 7 nitrogen and oxygen atoms in total. The third-order valence-corrected chi connectivity index (χ3v) is 4.42. The number of likely N-dealkylation sites (tertiary alicyclic amines) is 1. The Morgan fingerprint density at radius 3 is 2.83 bits per heavy atom. The van der Waals surface area contributed by atoms with Crippen LogP contribution in [0.3, 0.4) is 0 Å². The lowest BCUT2D eigenvalue weighted by atomic mass is 9.95. The van der Waals surface area contributed by atoms with Gasteiger partial charge in [-0.1, -0.05) is 0 Å². The highest BCUT2D eigenvalue weighted by molar-refractivity contribution is 5.80. The third kappa shape index (κ3) is 6.35. The van der Waals surface area contributed by atoms with Crippen molar-refractivity contribution in [3.8, 4) is 0 Å². The van der Waals surface area contributed by atoms with Crippen LogP contribution in [0.4, 0.5) is 0 Å². The Balaban J connectivity index is 1.85. The minimum Gasteiger partial charge on any atom is -0.379 e. The normalized spacial score (nSPS) is 23.8. The van der Waals surface area contributed by atoms with Crippen molar-refractivity contribution in [2.45, 2.75) is 26.2 Å². The first-order valence-corrected chi connectivity index (χ1v) is 8.80. The van der Waals surface area contributed by atoms with E-state index in [-0.39, 0.29) is 5.91 Å². The fraction of sp³-hybridized carbons (Fsp3) is 0.875. The quantitative estimate of drug-likeness (QED) is 0.525. The number of hydrogen-bond acceptors (Lipinski definition) is 4. The molecular formula is C16H31N5O2. The number of morpholine rings is 1. The summed E-state index contributed by atoms with van der Waals surface area (Å²) in [6, 6.07) is 0. The molecule has 1 amide bonds. The first-order valence-electron chi connectivity index (χ1n) is 8.80. The van der Waals surface area contributed by atoms with Crippen LogP contribution in [0.5, 0.6) is 0 Å². The van der Waals surface area contributed by atoms with E-state index in [9.17, 15) is 4.79 Å². The van der Waals surface area contributed by atoms with Gasteiger partial charge in [0.15, 0.2) is 5.96 Å². The van der Waals surface area contributed by atoms with E-state index in [0.717, 1.165) is 77.8 Å². The highest BCUT2D eigenvalue weighted by atomic mass is 16.5. The summed E-state index contributed by atoms with van der Waals surface area (Å²) in [4.78, 5) is 20.6. The Kier molecular flexibility index (Phi) is 7.61. The molecule has 1 unspecified atom stereocenters. The van der Waals surface area contributed by atoms with Crippen molar-refractivity contribution in [1.82, 2.24) is 15.1 Å². The second-order valence-electron chi connectivity index (χ2n) is 6.31. The summed E-state index contributed by atoms with van der Waals surface area (Å²) >= 11 is 0. The molecule has 1 atom stereocenters. The van der Waals surface area contributed by atoms with Crippen LogP contribution < -0.4 is 11.1 Å². The first kappa shape index (κ1) is 18.0. The van der Waals surface area contributed by atoms with Crippen LogP contribution in [-0.2, 0) is 9.53 Å².